The molecule has 1 aromatic carbocycles. The summed E-state index contributed by atoms with van der Waals surface area (Å²) < 4.78 is 25.9. The van der Waals surface area contributed by atoms with Gasteiger partial charge in [-0.15, -0.1) is 0 Å². The summed E-state index contributed by atoms with van der Waals surface area (Å²) in [5, 5.41) is 1.19. The Hall–Kier alpha value is -0.750. The fraction of sp³-hybridized carbons (Fsp3) is 0.250. The van der Waals surface area contributed by atoms with Crippen molar-refractivity contribution in [2.75, 3.05) is 0 Å². The highest BCUT2D eigenvalue weighted by Crippen LogP contribution is 2.24. The molecule has 0 spiro atoms. The highest BCUT2D eigenvalue weighted by Gasteiger charge is 2.18. The Bertz CT molecular complexity index is 741. The number of imidazole rings is 1. The maximum atomic E-state index is 12.2. The lowest BCUT2D eigenvalue weighted by Crippen LogP contribution is -2.11. The van der Waals surface area contributed by atoms with Crippen LogP contribution >= 0.6 is 34.8 Å². The summed E-state index contributed by atoms with van der Waals surface area (Å²) in [5.41, 5.74) is 0.511. The summed E-state index contributed by atoms with van der Waals surface area (Å²) in [7, 11) is -1.74. The predicted octanol–water partition coefficient (Wildman–Crippen LogP) is 3.50. The molecule has 0 fully saturated rings. The van der Waals surface area contributed by atoms with Crippen LogP contribution in [0.5, 0.6) is 0 Å². The van der Waals surface area contributed by atoms with Gasteiger partial charge in [0.2, 0.25) is 0 Å². The molecule has 0 radical (unpaired) electrons. The number of halogens is 3. The van der Waals surface area contributed by atoms with Crippen molar-refractivity contribution in [3.63, 3.8) is 0 Å². The molecule has 20 heavy (non-hydrogen) atoms. The Morgan fingerprint density at radius 2 is 1.90 bits per heavy atom. The fourth-order valence-electron chi connectivity index (χ4n) is 1.68. The van der Waals surface area contributed by atoms with E-state index in [9.17, 15) is 8.42 Å². The third kappa shape index (κ3) is 3.67. The molecular formula is C12H11Cl3N2O2S. The van der Waals surface area contributed by atoms with Crippen molar-refractivity contribution in [2.24, 2.45) is 7.05 Å². The Morgan fingerprint density at radius 1 is 1.20 bits per heavy atom. The van der Waals surface area contributed by atoms with E-state index in [0.29, 0.717) is 26.6 Å². The molecule has 0 N–H and O–H groups in total. The van der Waals surface area contributed by atoms with Crippen LogP contribution in [0.3, 0.4) is 0 Å². The molecular weight excluding hydrogens is 343 g/mol. The minimum atomic E-state index is -3.40. The number of benzene rings is 1. The summed E-state index contributed by atoms with van der Waals surface area (Å²) in [4.78, 5) is 3.98. The van der Waals surface area contributed by atoms with E-state index in [1.807, 2.05) is 0 Å². The second-order valence-electron chi connectivity index (χ2n) is 4.32. The molecule has 0 aliphatic carbocycles. The van der Waals surface area contributed by atoms with Gasteiger partial charge >= 0.3 is 0 Å². The van der Waals surface area contributed by atoms with Crippen LogP contribution in [0.2, 0.25) is 15.2 Å². The minimum absolute atomic E-state index is 0.173. The molecule has 2 aromatic rings. The average molecular weight is 354 g/mol. The molecule has 0 atom stereocenters. The molecule has 108 valence electrons. The van der Waals surface area contributed by atoms with E-state index in [-0.39, 0.29) is 11.5 Å². The lowest BCUT2D eigenvalue weighted by atomic mass is 10.2. The van der Waals surface area contributed by atoms with Crippen LogP contribution < -0.4 is 0 Å². The Kier molecular flexibility index (Phi) is 4.64. The number of nitrogens with zero attached hydrogens (tertiary/aromatic N) is 2. The highest BCUT2D eigenvalue weighted by atomic mass is 35.5. The Balaban J connectivity index is 2.21. The first-order valence-electron chi connectivity index (χ1n) is 5.59. The van der Waals surface area contributed by atoms with E-state index in [1.165, 1.54) is 16.8 Å². The first-order chi connectivity index (χ1) is 9.28. The third-order valence-corrected chi connectivity index (χ3v) is 5.15. The van der Waals surface area contributed by atoms with Crippen molar-refractivity contribution >= 4 is 44.6 Å². The summed E-state index contributed by atoms with van der Waals surface area (Å²) in [6, 6.07) is 4.73. The van der Waals surface area contributed by atoms with Crippen molar-refractivity contribution < 1.29 is 8.42 Å². The van der Waals surface area contributed by atoms with E-state index >= 15 is 0 Å². The van der Waals surface area contributed by atoms with Gasteiger partial charge in [0.1, 0.15) is 16.7 Å². The molecule has 0 saturated heterocycles. The zero-order chi connectivity index (χ0) is 14.9. The molecule has 0 amide bonds. The monoisotopic (exact) mass is 352 g/mol. The number of hydrogen-bond acceptors (Lipinski definition) is 3. The zero-order valence-corrected chi connectivity index (χ0v) is 13.6. The second kappa shape index (κ2) is 5.93. The fourth-order valence-corrected chi connectivity index (χ4v) is 3.87. The normalized spacial score (nSPS) is 11.8. The van der Waals surface area contributed by atoms with Crippen LogP contribution in [0.4, 0.5) is 0 Å². The van der Waals surface area contributed by atoms with Gasteiger partial charge in [0.15, 0.2) is 9.84 Å². The highest BCUT2D eigenvalue weighted by molar-refractivity contribution is 7.89. The first kappa shape index (κ1) is 15.6. The van der Waals surface area contributed by atoms with Gasteiger partial charge in [-0.25, -0.2) is 13.4 Å². The summed E-state index contributed by atoms with van der Waals surface area (Å²) in [6.45, 7) is 0. The molecule has 0 saturated carbocycles. The quantitative estimate of drug-likeness (QED) is 0.845. The maximum Gasteiger partial charge on any atom is 0.161 e. The van der Waals surface area contributed by atoms with E-state index in [4.69, 9.17) is 34.8 Å². The van der Waals surface area contributed by atoms with Crippen LogP contribution in [0.15, 0.2) is 24.4 Å². The van der Waals surface area contributed by atoms with Crippen molar-refractivity contribution in [3.05, 3.63) is 51.0 Å². The molecule has 0 unspecified atom stereocenters. The van der Waals surface area contributed by atoms with Gasteiger partial charge in [-0.2, -0.15) is 0 Å². The third-order valence-electron chi connectivity index (χ3n) is 2.77. The molecule has 0 aliphatic heterocycles. The van der Waals surface area contributed by atoms with Gasteiger partial charge in [0, 0.05) is 17.1 Å². The number of hydrogen-bond donors (Lipinski definition) is 0. The van der Waals surface area contributed by atoms with Gasteiger partial charge < -0.3 is 4.57 Å². The lowest BCUT2D eigenvalue weighted by molar-refractivity contribution is 0.591. The molecule has 8 heteroatoms. The maximum absolute atomic E-state index is 12.2. The summed E-state index contributed by atoms with van der Waals surface area (Å²) >= 11 is 17.6. The smallest absolute Gasteiger partial charge is 0.161 e. The van der Waals surface area contributed by atoms with E-state index < -0.39 is 9.84 Å². The second-order valence-corrected chi connectivity index (χ2v) is 7.62. The average Bonchev–Trinajstić information content (AvgIpc) is 2.64. The molecule has 2 rings (SSSR count). The Labute approximate surface area is 132 Å². The standard InChI is InChI=1S/C12H11Cl3N2O2S/c1-17-11(15)5-16-12(17)7-20(18,19)6-8-2-3-9(13)4-10(8)14/h2-5H,6-7H2,1H3. The predicted molar refractivity (Wildman–Crippen MR) is 81.0 cm³/mol. The van der Waals surface area contributed by atoms with Crippen LogP contribution in [0.25, 0.3) is 0 Å². The van der Waals surface area contributed by atoms with Crippen molar-refractivity contribution in [2.45, 2.75) is 11.5 Å². The van der Waals surface area contributed by atoms with E-state index in [0.717, 1.165) is 0 Å². The summed E-state index contributed by atoms with van der Waals surface area (Å²) in [6.07, 6.45) is 1.42. The number of aromatic nitrogens is 2. The molecule has 4 nitrogen and oxygen atoms in total. The van der Waals surface area contributed by atoms with Crippen molar-refractivity contribution in [1.29, 1.82) is 0 Å². The van der Waals surface area contributed by atoms with Gasteiger partial charge in [0.05, 0.1) is 11.9 Å². The Morgan fingerprint density at radius 3 is 2.45 bits per heavy atom. The first-order valence-corrected chi connectivity index (χ1v) is 8.54. The molecule has 1 heterocycles. The van der Waals surface area contributed by atoms with Gasteiger partial charge in [-0.1, -0.05) is 40.9 Å². The van der Waals surface area contributed by atoms with E-state index in [1.54, 1.807) is 19.2 Å². The van der Waals surface area contributed by atoms with Crippen LogP contribution in [-0.4, -0.2) is 18.0 Å². The van der Waals surface area contributed by atoms with Crippen LogP contribution in [0.1, 0.15) is 11.4 Å². The van der Waals surface area contributed by atoms with Crippen LogP contribution in [-0.2, 0) is 28.4 Å². The topological polar surface area (TPSA) is 52.0 Å². The largest absolute Gasteiger partial charge is 0.321 e. The van der Waals surface area contributed by atoms with Gasteiger partial charge in [-0.05, 0) is 17.7 Å². The van der Waals surface area contributed by atoms with Crippen molar-refractivity contribution in [3.8, 4) is 0 Å². The minimum Gasteiger partial charge on any atom is -0.321 e. The van der Waals surface area contributed by atoms with Gasteiger partial charge in [-0.3, -0.25) is 0 Å². The van der Waals surface area contributed by atoms with E-state index in [2.05, 4.69) is 4.98 Å². The van der Waals surface area contributed by atoms with Gasteiger partial charge in [0.25, 0.3) is 0 Å². The molecule has 0 bridgehead atoms. The number of rotatable bonds is 4. The molecule has 1 aromatic heterocycles. The molecule has 0 aliphatic rings. The SMILES string of the molecule is Cn1c(Cl)cnc1CS(=O)(=O)Cc1ccc(Cl)cc1Cl. The number of sulfone groups is 1. The summed E-state index contributed by atoms with van der Waals surface area (Å²) in [5.74, 6) is 0.0166. The lowest BCUT2D eigenvalue weighted by Gasteiger charge is -2.07. The van der Waals surface area contributed by atoms with Crippen molar-refractivity contribution in [1.82, 2.24) is 9.55 Å². The zero-order valence-electron chi connectivity index (χ0n) is 10.5. The van der Waals surface area contributed by atoms with Crippen LogP contribution in [0, 0.1) is 0 Å².